The fourth-order valence-corrected chi connectivity index (χ4v) is 6.00. The van der Waals surface area contributed by atoms with E-state index in [1.54, 1.807) is 0 Å². The highest BCUT2D eigenvalue weighted by Gasteiger charge is 2.26. The average Bonchev–Trinajstić information content (AvgIpc) is 3.54. The number of hydrogen-bond acceptors (Lipinski definition) is 5. The van der Waals surface area contributed by atoms with Gasteiger partial charge in [-0.25, -0.2) is 9.97 Å². The number of nitrogens with zero attached hydrogens (tertiary/aromatic N) is 4. The lowest BCUT2D eigenvalue weighted by atomic mass is 9.85. The summed E-state index contributed by atoms with van der Waals surface area (Å²) >= 11 is 0. The molecule has 0 atom stereocenters. The van der Waals surface area contributed by atoms with Gasteiger partial charge in [0.25, 0.3) is 0 Å². The number of carbonyl (C=O) groups is 1. The number of fused-ring (bicyclic) bond motifs is 1. The third-order valence-corrected chi connectivity index (χ3v) is 8.11. The molecule has 2 aromatic heterocycles. The average molecular weight is 503 g/mol. The van der Waals surface area contributed by atoms with Crippen LogP contribution in [0.3, 0.4) is 0 Å². The number of aryl methyl sites for hydroxylation is 3. The van der Waals surface area contributed by atoms with Crippen LogP contribution in [-0.4, -0.2) is 57.6 Å². The number of nitrogens with one attached hydrogen (secondary N) is 2. The van der Waals surface area contributed by atoms with Crippen molar-refractivity contribution in [1.29, 1.82) is 0 Å². The molecule has 0 spiro atoms. The van der Waals surface area contributed by atoms with Crippen LogP contribution in [0.1, 0.15) is 68.1 Å². The Morgan fingerprint density at radius 3 is 2.46 bits per heavy atom. The van der Waals surface area contributed by atoms with Crippen LogP contribution in [0.2, 0.25) is 0 Å². The number of imidazole rings is 1. The molecule has 1 saturated heterocycles. The SMILES string of the molecule is CCc1nc2c(C)cc(C)nc2n1Cc1ccc(NC2CCC(C(=O)NCCN3CCCC3)CC2)cc1. The summed E-state index contributed by atoms with van der Waals surface area (Å²) in [6, 6.07) is 11.3. The summed E-state index contributed by atoms with van der Waals surface area (Å²) in [6.07, 6.45) is 7.48. The van der Waals surface area contributed by atoms with Gasteiger partial charge in [0.2, 0.25) is 5.91 Å². The molecule has 1 aliphatic heterocycles. The largest absolute Gasteiger partial charge is 0.382 e. The Hall–Kier alpha value is -2.93. The minimum absolute atomic E-state index is 0.164. The number of pyridine rings is 1. The van der Waals surface area contributed by atoms with E-state index >= 15 is 0 Å². The molecule has 1 aromatic carbocycles. The molecule has 1 saturated carbocycles. The van der Waals surface area contributed by atoms with Gasteiger partial charge in [0.05, 0.1) is 6.54 Å². The van der Waals surface area contributed by atoms with E-state index in [0.717, 1.165) is 80.1 Å². The molecule has 3 heterocycles. The van der Waals surface area contributed by atoms with Crippen molar-refractivity contribution < 1.29 is 4.79 Å². The Labute approximate surface area is 221 Å². The summed E-state index contributed by atoms with van der Waals surface area (Å²) in [6.45, 7) is 11.2. The van der Waals surface area contributed by atoms with Crippen molar-refractivity contribution in [2.45, 2.75) is 78.3 Å². The standard InChI is InChI=1S/C30H42N6O/c1-4-27-34-28-21(2)19-22(3)32-29(28)36(27)20-23-7-11-25(12-8-23)33-26-13-9-24(10-14-26)30(37)31-15-18-35-16-5-6-17-35/h7-8,11-12,19,24,26,33H,4-6,9-10,13-18,20H2,1-3H3,(H,31,37). The molecule has 7 heteroatoms. The quantitative estimate of drug-likeness (QED) is 0.438. The Morgan fingerprint density at radius 2 is 1.76 bits per heavy atom. The summed E-state index contributed by atoms with van der Waals surface area (Å²) < 4.78 is 2.26. The van der Waals surface area contributed by atoms with E-state index in [1.165, 1.54) is 37.1 Å². The van der Waals surface area contributed by atoms with E-state index in [-0.39, 0.29) is 11.8 Å². The zero-order valence-electron chi connectivity index (χ0n) is 22.7. The second-order valence-electron chi connectivity index (χ2n) is 11.0. The monoisotopic (exact) mass is 502 g/mol. The van der Waals surface area contributed by atoms with Gasteiger partial charge < -0.3 is 20.1 Å². The zero-order chi connectivity index (χ0) is 25.8. The number of benzene rings is 1. The molecular formula is C30H42N6O. The molecule has 37 heavy (non-hydrogen) atoms. The second-order valence-corrected chi connectivity index (χ2v) is 11.0. The molecular weight excluding hydrogens is 460 g/mol. The van der Waals surface area contributed by atoms with Crippen LogP contribution in [0, 0.1) is 19.8 Å². The molecule has 198 valence electrons. The molecule has 0 bridgehead atoms. The number of likely N-dealkylation sites (tertiary alicyclic amines) is 1. The molecule has 1 amide bonds. The Morgan fingerprint density at radius 1 is 1.03 bits per heavy atom. The molecule has 1 aliphatic carbocycles. The first kappa shape index (κ1) is 25.7. The predicted octanol–water partition coefficient (Wildman–Crippen LogP) is 4.84. The van der Waals surface area contributed by atoms with Crippen LogP contribution >= 0.6 is 0 Å². The first-order chi connectivity index (χ1) is 18.0. The molecule has 7 nitrogen and oxygen atoms in total. The van der Waals surface area contributed by atoms with E-state index in [9.17, 15) is 4.79 Å². The number of carbonyl (C=O) groups excluding carboxylic acids is 1. The van der Waals surface area contributed by atoms with Gasteiger partial charge in [-0.2, -0.15) is 0 Å². The maximum Gasteiger partial charge on any atom is 0.223 e. The lowest BCUT2D eigenvalue weighted by Gasteiger charge is -2.29. The summed E-state index contributed by atoms with van der Waals surface area (Å²) in [7, 11) is 0. The third-order valence-electron chi connectivity index (χ3n) is 8.11. The number of rotatable bonds is 9. The van der Waals surface area contributed by atoms with Gasteiger partial charge in [0, 0.05) is 42.9 Å². The fraction of sp³-hybridized carbons (Fsp3) is 0.567. The highest BCUT2D eigenvalue weighted by molar-refractivity contribution is 5.78. The number of amides is 1. The molecule has 0 radical (unpaired) electrons. The smallest absolute Gasteiger partial charge is 0.223 e. The van der Waals surface area contributed by atoms with Gasteiger partial charge in [-0.1, -0.05) is 19.1 Å². The minimum Gasteiger partial charge on any atom is -0.382 e. The summed E-state index contributed by atoms with van der Waals surface area (Å²) in [4.78, 5) is 24.7. The maximum atomic E-state index is 12.6. The first-order valence-corrected chi connectivity index (χ1v) is 14.2. The Bertz CT molecular complexity index is 1200. The van der Waals surface area contributed by atoms with E-state index < -0.39 is 0 Å². The van der Waals surface area contributed by atoms with Crippen molar-refractivity contribution in [3.8, 4) is 0 Å². The van der Waals surface area contributed by atoms with E-state index in [0.29, 0.717) is 6.04 Å². The van der Waals surface area contributed by atoms with Gasteiger partial charge in [-0.15, -0.1) is 0 Å². The topological polar surface area (TPSA) is 75.1 Å². The molecule has 2 aliphatic rings. The predicted molar refractivity (Wildman–Crippen MR) is 150 cm³/mol. The number of hydrogen-bond donors (Lipinski definition) is 2. The van der Waals surface area contributed by atoms with Crippen LogP contribution in [0.15, 0.2) is 30.3 Å². The van der Waals surface area contributed by atoms with E-state index in [1.807, 2.05) is 6.92 Å². The van der Waals surface area contributed by atoms with Crippen LogP contribution in [0.25, 0.3) is 11.2 Å². The van der Waals surface area contributed by atoms with Crippen LogP contribution < -0.4 is 10.6 Å². The minimum atomic E-state index is 0.164. The first-order valence-electron chi connectivity index (χ1n) is 14.2. The van der Waals surface area contributed by atoms with Gasteiger partial charge in [-0.3, -0.25) is 4.79 Å². The van der Waals surface area contributed by atoms with Crippen LogP contribution in [0.5, 0.6) is 0 Å². The Kier molecular flexibility index (Phi) is 8.08. The van der Waals surface area contributed by atoms with Crippen molar-refractivity contribution in [3.05, 3.63) is 53.0 Å². The van der Waals surface area contributed by atoms with Crippen LogP contribution in [-0.2, 0) is 17.8 Å². The zero-order valence-corrected chi connectivity index (χ0v) is 22.7. The van der Waals surface area contributed by atoms with Crippen molar-refractivity contribution in [1.82, 2.24) is 24.8 Å². The summed E-state index contributed by atoms with van der Waals surface area (Å²) in [5, 5.41) is 6.89. The van der Waals surface area contributed by atoms with Gasteiger partial charge >= 0.3 is 0 Å². The molecule has 2 N–H and O–H groups in total. The van der Waals surface area contributed by atoms with Crippen molar-refractivity contribution in [2.75, 3.05) is 31.5 Å². The maximum absolute atomic E-state index is 12.6. The van der Waals surface area contributed by atoms with Crippen molar-refractivity contribution in [3.63, 3.8) is 0 Å². The lowest BCUT2D eigenvalue weighted by Crippen LogP contribution is -2.39. The summed E-state index contributed by atoms with van der Waals surface area (Å²) in [5.41, 5.74) is 6.60. The van der Waals surface area contributed by atoms with E-state index in [2.05, 4.69) is 64.3 Å². The summed E-state index contributed by atoms with van der Waals surface area (Å²) in [5.74, 6) is 1.49. The lowest BCUT2D eigenvalue weighted by molar-refractivity contribution is -0.126. The fourth-order valence-electron chi connectivity index (χ4n) is 6.00. The molecule has 0 unspecified atom stereocenters. The van der Waals surface area contributed by atoms with Gasteiger partial charge in [-0.05, 0) is 94.8 Å². The Balaban J connectivity index is 1.12. The second kappa shape index (κ2) is 11.6. The molecule has 3 aromatic rings. The van der Waals surface area contributed by atoms with E-state index in [4.69, 9.17) is 9.97 Å². The number of aromatic nitrogens is 3. The van der Waals surface area contributed by atoms with Crippen molar-refractivity contribution >= 4 is 22.8 Å². The van der Waals surface area contributed by atoms with Crippen LogP contribution in [0.4, 0.5) is 5.69 Å². The highest BCUT2D eigenvalue weighted by atomic mass is 16.1. The van der Waals surface area contributed by atoms with Gasteiger partial charge in [0.15, 0.2) is 5.65 Å². The number of anilines is 1. The van der Waals surface area contributed by atoms with Gasteiger partial charge in [0.1, 0.15) is 11.3 Å². The normalized spacial score (nSPS) is 20.4. The third kappa shape index (κ3) is 6.15. The molecule has 5 rings (SSSR count). The van der Waals surface area contributed by atoms with Crippen molar-refractivity contribution in [2.24, 2.45) is 5.92 Å². The highest BCUT2D eigenvalue weighted by Crippen LogP contribution is 2.27. The molecule has 2 fully saturated rings.